The highest BCUT2D eigenvalue weighted by Gasteiger charge is 2.26. The van der Waals surface area contributed by atoms with Crippen molar-refractivity contribution in [2.75, 3.05) is 49.6 Å². The first-order chi connectivity index (χ1) is 13.2. The molecule has 2 aromatic rings. The molecule has 2 fully saturated rings. The first-order valence-electron chi connectivity index (χ1n) is 9.27. The number of anilines is 2. The van der Waals surface area contributed by atoms with Gasteiger partial charge in [0.2, 0.25) is 0 Å². The molecule has 0 spiro atoms. The van der Waals surface area contributed by atoms with Gasteiger partial charge in [-0.25, -0.2) is 14.2 Å². The molecule has 0 saturated carbocycles. The van der Waals surface area contributed by atoms with Crippen molar-refractivity contribution in [2.45, 2.75) is 18.8 Å². The van der Waals surface area contributed by atoms with Crippen molar-refractivity contribution in [3.8, 4) is 0 Å². The van der Waals surface area contributed by atoms with Gasteiger partial charge in [-0.3, -0.25) is 0 Å². The van der Waals surface area contributed by atoms with Crippen LogP contribution in [0.4, 0.5) is 20.6 Å². The summed E-state index contributed by atoms with van der Waals surface area (Å²) < 4.78 is 19.4. The smallest absolute Gasteiger partial charge is 0.321 e. The number of urea groups is 1. The molecule has 27 heavy (non-hydrogen) atoms. The molecule has 8 heteroatoms. The number of aromatic nitrogens is 1. The number of morpholine rings is 1. The lowest BCUT2D eigenvalue weighted by Gasteiger charge is -2.32. The van der Waals surface area contributed by atoms with Gasteiger partial charge >= 0.3 is 6.03 Å². The molecule has 2 aliphatic rings. The monoisotopic (exact) mass is 390 g/mol. The molecule has 0 radical (unpaired) electrons. The minimum absolute atomic E-state index is 0.185. The van der Waals surface area contributed by atoms with Crippen LogP contribution < -0.4 is 10.2 Å². The third kappa shape index (κ3) is 4.39. The number of piperidine rings is 1. The fourth-order valence-electron chi connectivity index (χ4n) is 3.65. The summed E-state index contributed by atoms with van der Waals surface area (Å²) in [5, 5.41) is 5.91. The van der Waals surface area contributed by atoms with Gasteiger partial charge in [-0.05, 0) is 31.0 Å². The molecule has 1 atom stereocenters. The van der Waals surface area contributed by atoms with Crippen LogP contribution in [0, 0.1) is 5.82 Å². The zero-order valence-electron chi connectivity index (χ0n) is 15.1. The predicted octanol–water partition coefficient (Wildman–Crippen LogP) is 3.53. The Kier molecular flexibility index (Phi) is 5.54. The number of likely N-dealkylation sites (tertiary alicyclic amines) is 1. The van der Waals surface area contributed by atoms with Crippen molar-refractivity contribution in [3.63, 3.8) is 0 Å². The minimum atomic E-state index is -0.353. The van der Waals surface area contributed by atoms with Gasteiger partial charge in [0.1, 0.15) is 5.82 Å². The maximum Gasteiger partial charge on any atom is 0.321 e. The number of benzene rings is 1. The summed E-state index contributed by atoms with van der Waals surface area (Å²) in [6.45, 7) is 4.05. The van der Waals surface area contributed by atoms with Gasteiger partial charge in [-0.1, -0.05) is 0 Å². The Balaban J connectivity index is 1.43. The number of ether oxygens (including phenoxy) is 1. The van der Waals surface area contributed by atoms with Crippen LogP contribution in [0.25, 0.3) is 0 Å². The van der Waals surface area contributed by atoms with Crippen molar-refractivity contribution in [1.29, 1.82) is 0 Å². The summed E-state index contributed by atoms with van der Waals surface area (Å²) in [6, 6.07) is 4.51. The van der Waals surface area contributed by atoms with Crippen LogP contribution in [0.3, 0.4) is 0 Å². The standard InChI is InChI=1S/C19H23FN4O2S/c20-15-10-16(12-17(11-15)23-5-7-26-8-6-23)22-19(25)24-4-1-2-14(13-24)18-21-3-9-27-18/h3,9-12,14H,1-2,4-8,13H2,(H,22,25). The summed E-state index contributed by atoms with van der Waals surface area (Å²) in [4.78, 5) is 21.0. The Bertz CT molecular complexity index is 780. The third-order valence-corrected chi connectivity index (χ3v) is 5.96. The summed E-state index contributed by atoms with van der Waals surface area (Å²) in [5.41, 5.74) is 1.26. The van der Waals surface area contributed by atoms with E-state index in [4.69, 9.17) is 4.74 Å². The van der Waals surface area contributed by atoms with Gasteiger partial charge < -0.3 is 19.9 Å². The van der Waals surface area contributed by atoms with Gasteiger partial charge in [0.15, 0.2) is 0 Å². The van der Waals surface area contributed by atoms with E-state index in [9.17, 15) is 9.18 Å². The van der Waals surface area contributed by atoms with E-state index in [0.29, 0.717) is 32.0 Å². The highest BCUT2D eigenvalue weighted by atomic mass is 32.1. The SMILES string of the molecule is O=C(Nc1cc(F)cc(N2CCOCC2)c1)N1CCCC(c2nccs2)C1. The van der Waals surface area contributed by atoms with Gasteiger partial charge in [0, 0.05) is 55.0 Å². The maximum atomic E-state index is 14.1. The predicted molar refractivity (Wildman–Crippen MR) is 104 cm³/mol. The fraction of sp³-hybridized carbons (Fsp3) is 0.474. The Hall–Kier alpha value is -2.19. The van der Waals surface area contributed by atoms with Gasteiger partial charge in [-0.15, -0.1) is 11.3 Å². The number of rotatable bonds is 3. The lowest BCUT2D eigenvalue weighted by Crippen LogP contribution is -2.41. The summed E-state index contributed by atoms with van der Waals surface area (Å²) in [5.74, 6) is -0.0745. The normalized spacial score (nSPS) is 20.6. The van der Waals surface area contributed by atoms with E-state index in [2.05, 4.69) is 15.2 Å². The van der Waals surface area contributed by atoms with Crippen LogP contribution in [0.5, 0.6) is 0 Å². The summed E-state index contributed by atoms with van der Waals surface area (Å²) in [7, 11) is 0. The van der Waals surface area contributed by atoms with E-state index >= 15 is 0 Å². The second-order valence-corrected chi connectivity index (χ2v) is 7.81. The van der Waals surface area contributed by atoms with E-state index in [1.807, 2.05) is 11.4 Å². The van der Waals surface area contributed by atoms with Gasteiger partial charge in [0.25, 0.3) is 0 Å². The molecule has 1 unspecified atom stereocenters. The lowest BCUT2D eigenvalue weighted by molar-refractivity contribution is 0.122. The van der Waals surface area contributed by atoms with E-state index in [0.717, 1.165) is 36.6 Å². The third-order valence-electron chi connectivity index (χ3n) is 5.02. The summed E-state index contributed by atoms with van der Waals surface area (Å²) >= 11 is 1.63. The van der Waals surface area contributed by atoms with Crippen LogP contribution in [0.1, 0.15) is 23.8 Å². The number of nitrogens with one attached hydrogen (secondary N) is 1. The highest BCUT2D eigenvalue weighted by Crippen LogP contribution is 2.29. The molecule has 144 valence electrons. The van der Waals surface area contributed by atoms with Crippen LogP contribution in [0.2, 0.25) is 0 Å². The van der Waals surface area contributed by atoms with Crippen LogP contribution in [0.15, 0.2) is 29.8 Å². The average Bonchev–Trinajstić information content (AvgIpc) is 3.23. The van der Waals surface area contributed by atoms with Crippen LogP contribution in [-0.2, 0) is 4.74 Å². The van der Waals surface area contributed by atoms with Gasteiger partial charge in [0.05, 0.1) is 18.2 Å². The molecular weight excluding hydrogens is 367 g/mol. The molecule has 0 aliphatic carbocycles. The van der Waals surface area contributed by atoms with E-state index in [-0.39, 0.29) is 17.8 Å². The quantitative estimate of drug-likeness (QED) is 0.871. The van der Waals surface area contributed by atoms with Crippen molar-refractivity contribution in [2.24, 2.45) is 0 Å². The zero-order valence-corrected chi connectivity index (χ0v) is 15.9. The molecule has 1 N–H and O–H groups in total. The Morgan fingerprint density at radius 1 is 1.26 bits per heavy atom. The van der Waals surface area contributed by atoms with Crippen molar-refractivity contribution < 1.29 is 13.9 Å². The molecule has 2 aliphatic heterocycles. The second-order valence-electron chi connectivity index (χ2n) is 6.88. The Labute approximate surface area is 161 Å². The molecule has 6 nitrogen and oxygen atoms in total. The van der Waals surface area contributed by atoms with E-state index in [1.165, 1.54) is 12.1 Å². The molecule has 0 bridgehead atoms. The first-order valence-corrected chi connectivity index (χ1v) is 10.2. The Morgan fingerprint density at radius 2 is 2.11 bits per heavy atom. The first kappa shape index (κ1) is 18.2. The number of carbonyl (C=O) groups is 1. The van der Waals surface area contributed by atoms with Crippen LogP contribution in [-0.4, -0.2) is 55.3 Å². The second kappa shape index (κ2) is 8.22. The molecule has 3 heterocycles. The maximum absolute atomic E-state index is 14.1. The molecule has 1 aromatic heterocycles. The Morgan fingerprint density at radius 3 is 2.89 bits per heavy atom. The van der Waals surface area contributed by atoms with Gasteiger partial charge in [-0.2, -0.15) is 0 Å². The van der Waals surface area contributed by atoms with E-state index in [1.54, 1.807) is 22.4 Å². The zero-order chi connectivity index (χ0) is 18.6. The van der Waals surface area contributed by atoms with Crippen molar-refractivity contribution >= 4 is 28.7 Å². The number of hydrogen-bond donors (Lipinski definition) is 1. The molecular formula is C19H23FN4O2S. The number of nitrogens with zero attached hydrogens (tertiary/aromatic N) is 3. The van der Waals surface area contributed by atoms with E-state index < -0.39 is 0 Å². The minimum Gasteiger partial charge on any atom is -0.378 e. The average molecular weight is 390 g/mol. The highest BCUT2D eigenvalue weighted by molar-refractivity contribution is 7.09. The molecule has 2 amide bonds. The topological polar surface area (TPSA) is 57.7 Å². The largest absolute Gasteiger partial charge is 0.378 e. The summed E-state index contributed by atoms with van der Waals surface area (Å²) in [6.07, 6.45) is 3.79. The number of thiazole rings is 1. The molecule has 1 aromatic carbocycles. The number of halogens is 1. The van der Waals surface area contributed by atoms with Crippen LogP contribution >= 0.6 is 11.3 Å². The lowest BCUT2D eigenvalue weighted by atomic mass is 9.99. The van der Waals surface area contributed by atoms with Crippen molar-refractivity contribution in [1.82, 2.24) is 9.88 Å². The molecule has 2 saturated heterocycles. The molecule has 4 rings (SSSR count). The number of hydrogen-bond acceptors (Lipinski definition) is 5. The van der Waals surface area contributed by atoms with Crippen molar-refractivity contribution in [3.05, 3.63) is 40.6 Å². The number of amides is 2. The fourth-order valence-corrected chi connectivity index (χ4v) is 4.42. The number of carbonyl (C=O) groups excluding carboxylic acids is 1.